The second kappa shape index (κ2) is 5.70. The predicted octanol–water partition coefficient (Wildman–Crippen LogP) is 1.00. The Morgan fingerprint density at radius 2 is 2.00 bits per heavy atom. The van der Waals surface area contributed by atoms with E-state index in [1.807, 2.05) is 23.3 Å². The summed E-state index contributed by atoms with van der Waals surface area (Å²) in [5.74, 6) is 0.706. The molecule has 0 unspecified atom stereocenters. The summed E-state index contributed by atoms with van der Waals surface area (Å²) in [6.45, 7) is 4.88. The SMILES string of the molecule is Cc1ccsc1C(=O)N1CCN([C@@H]2CCS(=O)(=O)C2)CC1. The highest BCUT2D eigenvalue weighted by molar-refractivity contribution is 7.91. The van der Waals surface area contributed by atoms with Crippen molar-refractivity contribution in [1.29, 1.82) is 0 Å². The standard InChI is InChI=1S/C14H20N2O3S2/c1-11-2-8-20-13(11)14(17)16-6-4-15(5-7-16)12-3-9-21(18,19)10-12/h2,8,12H,3-7,9-10H2,1H3/t12-/m1/s1. The smallest absolute Gasteiger partial charge is 0.264 e. The van der Waals surface area contributed by atoms with E-state index in [0.717, 1.165) is 30.0 Å². The summed E-state index contributed by atoms with van der Waals surface area (Å²) in [7, 11) is -2.84. The van der Waals surface area contributed by atoms with Crippen LogP contribution in [0.3, 0.4) is 0 Å². The monoisotopic (exact) mass is 328 g/mol. The molecule has 0 radical (unpaired) electrons. The topological polar surface area (TPSA) is 57.7 Å². The van der Waals surface area contributed by atoms with E-state index in [-0.39, 0.29) is 17.7 Å². The molecule has 2 aliphatic rings. The van der Waals surface area contributed by atoms with Crippen molar-refractivity contribution >= 4 is 27.1 Å². The summed E-state index contributed by atoms with van der Waals surface area (Å²) in [6.07, 6.45) is 0.736. The Balaban J connectivity index is 1.58. The Labute approximate surface area is 129 Å². The third kappa shape index (κ3) is 3.14. The molecule has 7 heteroatoms. The van der Waals surface area contributed by atoms with Gasteiger partial charge in [-0.25, -0.2) is 8.42 Å². The fourth-order valence-electron chi connectivity index (χ4n) is 3.09. The van der Waals surface area contributed by atoms with Gasteiger partial charge in [0.05, 0.1) is 16.4 Å². The number of hydrogen-bond acceptors (Lipinski definition) is 5. The molecule has 0 saturated carbocycles. The fourth-order valence-corrected chi connectivity index (χ4v) is 5.74. The fraction of sp³-hybridized carbons (Fsp3) is 0.643. The van der Waals surface area contributed by atoms with E-state index in [9.17, 15) is 13.2 Å². The van der Waals surface area contributed by atoms with Crippen LogP contribution < -0.4 is 0 Å². The molecule has 1 atom stereocenters. The number of carbonyl (C=O) groups excluding carboxylic acids is 1. The summed E-state index contributed by atoms with van der Waals surface area (Å²) in [5, 5.41) is 1.95. The van der Waals surface area contributed by atoms with Crippen molar-refractivity contribution in [2.45, 2.75) is 19.4 Å². The van der Waals surface area contributed by atoms with Crippen LogP contribution in [0.2, 0.25) is 0 Å². The van der Waals surface area contributed by atoms with Crippen molar-refractivity contribution in [3.05, 3.63) is 21.9 Å². The lowest BCUT2D eigenvalue weighted by atomic mass is 10.2. The number of amides is 1. The maximum absolute atomic E-state index is 12.4. The van der Waals surface area contributed by atoms with Gasteiger partial charge in [0.2, 0.25) is 0 Å². The molecule has 3 heterocycles. The van der Waals surface area contributed by atoms with Gasteiger partial charge in [-0.05, 0) is 30.4 Å². The molecule has 0 N–H and O–H groups in total. The van der Waals surface area contributed by atoms with Crippen LogP contribution in [0.5, 0.6) is 0 Å². The van der Waals surface area contributed by atoms with Gasteiger partial charge in [0.25, 0.3) is 5.91 Å². The maximum atomic E-state index is 12.4. The van der Waals surface area contributed by atoms with Gasteiger partial charge in [-0.1, -0.05) is 0 Å². The van der Waals surface area contributed by atoms with Crippen molar-refractivity contribution in [1.82, 2.24) is 9.80 Å². The van der Waals surface area contributed by atoms with Crippen LogP contribution in [0, 0.1) is 6.92 Å². The van der Waals surface area contributed by atoms with Crippen molar-refractivity contribution in [2.24, 2.45) is 0 Å². The van der Waals surface area contributed by atoms with E-state index in [2.05, 4.69) is 4.90 Å². The molecular weight excluding hydrogens is 308 g/mol. The van der Waals surface area contributed by atoms with Gasteiger partial charge in [-0.15, -0.1) is 11.3 Å². The van der Waals surface area contributed by atoms with Crippen LogP contribution in [-0.2, 0) is 9.84 Å². The van der Waals surface area contributed by atoms with Crippen LogP contribution in [0.4, 0.5) is 0 Å². The number of thiophene rings is 1. The van der Waals surface area contributed by atoms with Crippen molar-refractivity contribution in [3.63, 3.8) is 0 Å². The zero-order valence-corrected chi connectivity index (χ0v) is 13.8. The van der Waals surface area contributed by atoms with Crippen LogP contribution in [0.15, 0.2) is 11.4 Å². The Morgan fingerprint density at radius 1 is 1.29 bits per heavy atom. The van der Waals surface area contributed by atoms with E-state index in [0.29, 0.717) is 18.8 Å². The Bertz CT molecular complexity index is 630. The number of carbonyl (C=O) groups is 1. The number of aryl methyl sites for hydroxylation is 1. The minimum absolute atomic E-state index is 0.112. The minimum atomic E-state index is -2.84. The lowest BCUT2D eigenvalue weighted by Gasteiger charge is -2.37. The molecule has 21 heavy (non-hydrogen) atoms. The second-order valence-corrected chi connectivity index (χ2v) is 8.96. The molecule has 2 aliphatic heterocycles. The highest BCUT2D eigenvalue weighted by Gasteiger charge is 2.34. The molecule has 116 valence electrons. The highest BCUT2D eigenvalue weighted by atomic mass is 32.2. The van der Waals surface area contributed by atoms with Gasteiger partial charge >= 0.3 is 0 Å². The zero-order valence-electron chi connectivity index (χ0n) is 12.1. The van der Waals surface area contributed by atoms with Crippen LogP contribution >= 0.6 is 11.3 Å². The summed E-state index contributed by atoms with van der Waals surface area (Å²) in [4.78, 5) is 17.4. The summed E-state index contributed by atoms with van der Waals surface area (Å²) in [6, 6.07) is 2.12. The quantitative estimate of drug-likeness (QED) is 0.813. The lowest BCUT2D eigenvalue weighted by Crippen LogP contribution is -2.52. The normalized spacial score (nSPS) is 26.1. The number of sulfone groups is 1. The second-order valence-electron chi connectivity index (χ2n) is 5.82. The molecule has 3 rings (SSSR count). The molecule has 0 aromatic carbocycles. The summed E-state index contributed by atoms with van der Waals surface area (Å²) >= 11 is 1.49. The summed E-state index contributed by atoms with van der Waals surface area (Å²) < 4.78 is 23.1. The molecule has 1 aromatic heterocycles. The van der Waals surface area contributed by atoms with E-state index < -0.39 is 9.84 Å². The van der Waals surface area contributed by atoms with Gasteiger partial charge in [-0.3, -0.25) is 9.69 Å². The lowest BCUT2D eigenvalue weighted by molar-refractivity contribution is 0.0592. The summed E-state index contributed by atoms with van der Waals surface area (Å²) in [5.41, 5.74) is 1.04. The minimum Gasteiger partial charge on any atom is -0.335 e. The third-order valence-electron chi connectivity index (χ3n) is 4.38. The van der Waals surface area contributed by atoms with E-state index in [1.54, 1.807) is 0 Å². The molecule has 5 nitrogen and oxygen atoms in total. The Kier molecular flexibility index (Phi) is 4.07. The molecule has 1 amide bonds. The molecule has 0 bridgehead atoms. The maximum Gasteiger partial charge on any atom is 0.264 e. The first-order valence-corrected chi connectivity index (χ1v) is 9.94. The average Bonchev–Trinajstić information content (AvgIpc) is 3.04. The molecule has 2 saturated heterocycles. The number of piperazine rings is 1. The Morgan fingerprint density at radius 3 is 2.52 bits per heavy atom. The van der Waals surface area contributed by atoms with Crippen LogP contribution in [0.1, 0.15) is 21.7 Å². The zero-order chi connectivity index (χ0) is 15.0. The molecule has 1 aromatic rings. The predicted molar refractivity (Wildman–Crippen MR) is 83.6 cm³/mol. The van der Waals surface area contributed by atoms with Crippen molar-refractivity contribution in [3.8, 4) is 0 Å². The van der Waals surface area contributed by atoms with Gasteiger partial charge in [0, 0.05) is 32.2 Å². The van der Waals surface area contributed by atoms with Gasteiger partial charge in [0.15, 0.2) is 9.84 Å². The number of hydrogen-bond donors (Lipinski definition) is 0. The number of rotatable bonds is 2. The van der Waals surface area contributed by atoms with Gasteiger partial charge < -0.3 is 4.90 Å². The molecular formula is C14H20N2O3S2. The van der Waals surface area contributed by atoms with Crippen LogP contribution in [0.25, 0.3) is 0 Å². The van der Waals surface area contributed by atoms with Gasteiger partial charge in [-0.2, -0.15) is 0 Å². The first-order chi connectivity index (χ1) is 9.96. The molecule has 0 aliphatic carbocycles. The van der Waals surface area contributed by atoms with Crippen molar-refractivity contribution < 1.29 is 13.2 Å². The first-order valence-electron chi connectivity index (χ1n) is 7.24. The number of nitrogens with zero attached hydrogens (tertiary/aromatic N) is 2. The Hall–Kier alpha value is -0.920. The third-order valence-corrected chi connectivity index (χ3v) is 7.14. The first kappa shape index (κ1) is 15.0. The molecule has 0 spiro atoms. The molecule has 2 fully saturated rings. The largest absolute Gasteiger partial charge is 0.335 e. The van der Waals surface area contributed by atoms with Crippen molar-refractivity contribution in [2.75, 3.05) is 37.7 Å². The van der Waals surface area contributed by atoms with E-state index in [1.165, 1.54) is 11.3 Å². The van der Waals surface area contributed by atoms with Gasteiger partial charge in [0.1, 0.15) is 0 Å². The van der Waals surface area contributed by atoms with E-state index >= 15 is 0 Å². The average molecular weight is 328 g/mol. The van der Waals surface area contributed by atoms with Crippen LogP contribution in [-0.4, -0.2) is 67.9 Å². The van der Waals surface area contributed by atoms with E-state index in [4.69, 9.17) is 0 Å². The highest BCUT2D eigenvalue weighted by Crippen LogP contribution is 2.22.